The molecule has 3 N–H and O–H groups in total. The van der Waals surface area contributed by atoms with Crippen molar-refractivity contribution in [1.82, 2.24) is 10.2 Å². The smallest absolute Gasteiger partial charge is 0.261 e. The second-order valence-electron chi connectivity index (χ2n) is 10.8. The van der Waals surface area contributed by atoms with Gasteiger partial charge in [-0.25, -0.2) is 13.2 Å². The number of nitrogens with zero attached hydrogens (tertiary/aromatic N) is 1. The molecule has 11 heteroatoms. The van der Waals surface area contributed by atoms with Crippen LogP contribution >= 0.6 is 11.6 Å². The first-order valence-electron chi connectivity index (χ1n) is 14.2. The molecule has 2 aliphatic heterocycles. The third kappa shape index (κ3) is 8.21. The van der Waals surface area contributed by atoms with E-state index in [-0.39, 0.29) is 22.4 Å². The van der Waals surface area contributed by atoms with Crippen LogP contribution in [-0.2, 0) is 19.0 Å². The van der Waals surface area contributed by atoms with Gasteiger partial charge in [0.15, 0.2) is 17.9 Å². The number of rotatable bonds is 13. The number of nitrogens with two attached hydrogens (primary N) is 1. The number of halogens is 4. The molecule has 0 aromatic heterocycles. The Morgan fingerprint density at radius 2 is 1.90 bits per heavy atom. The number of methoxy groups -OCH3 is 1. The van der Waals surface area contributed by atoms with Crippen LogP contribution in [0.4, 0.5) is 13.2 Å². The maximum atomic E-state index is 15.2. The molecule has 2 aromatic rings. The van der Waals surface area contributed by atoms with E-state index in [1.807, 2.05) is 4.90 Å². The van der Waals surface area contributed by atoms with Crippen LogP contribution in [0.3, 0.4) is 0 Å². The Kier molecular flexibility index (Phi) is 11.8. The van der Waals surface area contributed by atoms with Crippen molar-refractivity contribution in [3.63, 3.8) is 0 Å². The van der Waals surface area contributed by atoms with Crippen LogP contribution in [0.2, 0.25) is 5.02 Å². The van der Waals surface area contributed by atoms with Gasteiger partial charge in [0.05, 0.1) is 17.2 Å². The zero-order valence-corrected chi connectivity index (χ0v) is 24.1. The summed E-state index contributed by atoms with van der Waals surface area (Å²) in [7, 11) is 1.60. The summed E-state index contributed by atoms with van der Waals surface area (Å²) in [5.41, 5.74) is 6.69. The summed E-state index contributed by atoms with van der Waals surface area (Å²) in [6.07, 6.45) is 1.27. The summed E-state index contributed by atoms with van der Waals surface area (Å²) < 4.78 is 61.0. The lowest BCUT2D eigenvalue weighted by Gasteiger charge is -2.42. The fourth-order valence-corrected chi connectivity index (χ4v) is 6.08. The molecule has 0 aliphatic carbocycles. The lowest BCUT2D eigenvalue weighted by Crippen LogP contribution is -2.52. The summed E-state index contributed by atoms with van der Waals surface area (Å²) in [5, 5.41) is 3.31. The first-order valence-corrected chi connectivity index (χ1v) is 14.6. The molecule has 2 aromatic carbocycles. The molecule has 2 saturated heterocycles. The molecular weight excluding hydrogens is 559 g/mol. The third-order valence-corrected chi connectivity index (χ3v) is 8.17. The number of amides is 1. The van der Waals surface area contributed by atoms with Crippen LogP contribution in [-0.4, -0.2) is 63.5 Å². The number of carbonyl (C=O) groups is 1. The lowest BCUT2D eigenvalue weighted by atomic mass is 9.87. The molecule has 0 radical (unpaired) electrons. The van der Waals surface area contributed by atoms with Crippen LogP contribution in [0, 0.1) is 29.3 Å². The first-order chi connectivity index (χ1) is 19.8. The van der Waals surface area contributed by atoms with Crippen molar-refractivity contribution in [3.8, 4) is 0 Å². The van der Waals surface area contributed by atoms with Crippen molar-refractivity contribution in [2.24, 2.45) is 17.6 Å². The predicted molar refractivity (Wildman–Crippen MR) is 150 cm³/mol. The molecule has 7 nitrogen and oxygen atoms in total. The molecular formula is C30H39ClF3N3O4. The van der Waals surface area contributed by atoms with Crippen molar-refractivity contribution in [1.29, 1.82) is 0 Å². The minimum absolute atomic E-state index is 0.0199. The van der Waals surface area contributed by atoms with Crippen molar-refractivity contribution >= 4 is 17.5 Å². The average Bonchev–Trinajstić information content (AvgIpc) is 2.97. The van der Waals surface area contributed by atoms with Crippen molar-refractivity contribution < 1.29 is 32.2 Å². The van der Waals surface area contributed by atoms with E-state index in [0.717, 1.165) is 37.9 Å². The van der Waals surface area contributed by atoms with Crippen LogP contribution in [0.25, 0.3) is 0 Å². The molecule has 4 rings (SSSR count). The molecule has 1 amide bonds. The van der Waals surface area contributed by atoms with E-state index in [1.54, 1.807) is 19.2 Å². The molecule has 0 saturated carbocycles. The molecule has 5 atom stereocenters. The van der Waals surface area contributed by atoms with Crippen LogP contribution in [0.1, 0.15) is 55.4 Å². The second kappa shape index (κ2) is 15.3. The van der Waals surface area contributed by atoms with E-state index in [9.17, 15) is 13.6 Å². The first kappa shape index (κ1) is 31.7. The maximum Gasteiger partial charge on any atom is 0.261 e. The highest BCUT2D eigenvalue weighted by Crippen LogP contribution is 2.38. The number of hydrogen-bond donors (Lipinski definition) is 2. The number of primary amides is 1. The Labute approximate surface area is 244 Å². The van der Waals surface area contributed by atoms with Crippen LogP contribution in [0.15, 0.2) is 36.4 Å². The van der Waals surface area contributed by atoms with Crippen molar-refractivity contribution in [2.75, 3.05) is 46.5 Å². The third-order valence-electron chi connectivity index (χ3n) is 7.88. The highest BCUT2D eigenvalue weighted by Gasteiger charge is 2.38. The molecule has 0 spiro atoms. The zero-order valence-electron chi connectivity index (χ0n) is 23.3. The molecule has 3 unspecified atom stereocenters. The topological polar surface area (TPSA) is 86.1 Å². The Hall–Kier alpha value is -2.21. The summed E-state index contributed by atoms with van der Waals surface area (Å²) in [6.45, 7) is 3.17. The van der Waals surface area contributed by atoms with Gasteiger partial charge < -0.3 is 25.3 Å². The summed E-state index contributed by atoms with van der Waals surface area (Å²) in [6, 6.07) is 8.54. The van der Waals surface area contributed by atoms with E-state index >= 15 is 4.39 Å². The van der Waals surface area contributed by atoms with E-state index in [2.05, 4.69) is 5.32 Å². The Morgan fingerprint density at radius 1 is 1.10 bits per heavy atom. The molecule has 2 heterocycles. The number of nitrogens with one attached hydrogen (secondary N) is 1. The predicted octanol–water partition coefficient (Wildman–Crippen LogP) is 5.13. The fraction of sp³-hybridized carbons (Fsp3) is 0.567. The highest BCUT2D eigenvalue weighted by molar-refractivity contribution is 6.30. The maximum absolute atomic E-state index is 15.2. The van der Waals surface area contributed by atoms with Gasteiger partial charge in [-0.2, -0.15) is 0 Å². The molecule has 0 bridgehead atoms. The lowest BCUT2D eigenvalue weighted by molar-refractivity contribution is -0.165. The van der Waals surface area contributed by atoms with E-state index in [0.29, 0.717) is 51.3 Å². The van der Waals surface area contributed by atoms with Gasteiger partial charge in [-0.3, -0.25) is 9.69 Å². The molecule has 2 fully saturated rings. The van der Waals surface area contributed by atoms with Gasteiger partial charge >= 0.3 is 0 Å². The standard InChI is InChI=1S/C30H39ClF3N3O4/c1-39-14-5-15-40-27(19-10-11-24(32)25(33)16-19)21-7-4-13-37(18-21)30(29(35)38)41-28(20-6-3-12-36-17-20)22-8-2-9-23(31)26(22)34/h2,8-11,16,20-21,27-28,30,36H,3-7,12-15,17-18H2,1H3,(H2,35,38)/t20-,21-,27?,28?,30?/m1/s1. The van der Waals surface area contributed by atoms with E-state index in [4.69, 9.17) is 31.5 Å². The number of benzene rings is 2. The van der Waals surface area contributed by atoms with Gasteiger partial charge in [-0.1, -0.05) is 29.8 Å². The van der Waals surface area contributed by atoms with E-state index < -0.39 is 41.8 Å². The summed E-state index contributed by atoms with van der Waals surface area (Å²) >= 11 is 6.12. The largest absolute Gasteiger partial charge is 0.385 e. The van der Waals surface area contributed by atoms with Crippen molar-refractivity contribution in [2.45, 2.75) is 50.5 Å². The SMILES string of the molecule is COCCCOC(c1ccc(F)c(F)c1)[C@@H]1CCCN(C(OC(c2cccc(Cl)c2F)[C@@H]2CCCNC2)C(N)=O)C1. The Morgan fingerprint density at radius 3 is 2.61 bits per heavy atom. The van der Waals surface area contributed by atoms with Crippen molar-refractivity contribution in [3.05, 3.63) is 70.0 Å². The number of piperidine rings is 2. The number of likely N-dealkylation sites (tertiary alicyclic amines) is 1. The number of hydrogen-bond acceptors (Lipinski definition) is 6. The van der Waals surface area contributed by atoms with Gasteiger partial charge in [-0.05, 0) is 62.4 Å². The van der Waals surface area contributed by atoms with Gasteiger partial charge in [0.1, 0.15) is 5.82 Å². The van der Waals surface area contributed by atoms with Gasteiger partial charge in [0.25, 0.3) is 5.91 Å². The Bertz CT molecular complexity index is 1150. The fourth-order valence-electron chi connectivity index (χ4n) is 5.90. The zero-order chi connectivity index (χ0) is 29.4. The van der Waals surface area contributed by atoms with Gasteiger partial charge in [-0.15, -0.1) is 0 Å². The molecule has 2 aliphatic rings. The number of carbonyl (C=O) groups excluding carboxylic acids is 1. The normalized spacial score (nSPS) is 22.3. The Balaban J connectivity index is 1.58. The monoisotopic (exact) mass is 597 g/mol. The minimum atomic E-state index is -1.14. The summed E-state index contributed by atoms with van der Waals surface area (Å²) in [4.78, 5) is 14.7. The highest BCUT2D eigenvalue weighted by atomic mass is 35.5. The average molecular weight is 598 g/mol. The van der Waals surface area contributed by atoms with Crippen LogP contribution in [0.5, 0.6) is 0 Å². The molecule has 41 heavy (non-hydrogen) atoms. The minimum Gasteiger partial charge on any atom is -0.385 e. The number of ether oxygens (including phenoxy) is 3. The van der Waals surface area contributed by atoms with Gasteiger partial charge in [0.2, 0.25) is 0 Å². The second-order valence-corrected chi connectivity index (χ2v) is 11.2. The van der Waals surface area contributed by atoms with Crippen LogP contribution < -0.4 is 11.1 Å². The summed E-state index contributed by atoms with van der Waals surface area (Å²) in [5.74, 6) is -3.42. The van der Waals surface area contributed by atoms with E-state index in [1.165, 1.54) is 12.1 Å². The molecule has 226 valence electrons. The van der Waals surface area contributed by atoms with Gasteiger partial charge in [0, 0.05) is 57.4 Å². The quantitative estimate of drug-likeness (QED) is 0.311.